The maximum absolute atomic E-state index is 10.7. The molecule has 0 atom stereocenters. The Bertz CT molecular complexity index is 835. The fourth-order valence-corrected chi connectivity index (χ4v) is 1.70. The molecule has 0 saturated heterocycles. The lowest BCUT2D eigenvalue weighted by Gasteiger charge is -1.96. The SMILES string of the molecule is NC(=O)c1cc([N+](=O)[O-])cc([N+](=O)[O-])c1.O.O=C(O)c1cccc([N+](=O)[O-])c1. The van der Waals surface area contributed by atoms with E-state index in [2.05, 4.69) is 0 Å². The summed E-state index contributed by atoms with van der Waals surface area (Å²) in [5, 5.41) is 39.4. The van der Waals surface area contributed by atoms with Gasteiger partial charge in [0.25, 0.3) is 17.1 Å². The highest BCUT2D eigenvalue weighted by Gasteiger charge is 2.18. The van der Waals surface area contributed by atoms with Crippen molar-refractivity contribution in [1.29, 1.82) is 0 Å². The number of carbonyl (C=O) groups excluding carboxylic acids is 1. The van der Waals surface area contributed by atoms with Gasteiger partial charge in [0, 0.05) is 24.3 Å². The first-order chi connectivity index (χ1) is 12.5. The Hall–Kier alpha value is -4.46. The summed E-state index contributed by atoms with van der Waals surface area (Å²) in [4.78, 5) is 49.7. The second-order valence-electron chi connectivity index (χ2n) is 4.73. The normalized spacial score (nSPS) is 9.14. The van der Waals surface area contributed by atoms with Crippen LogP contribution in [0.3, 0.4) is 0 Å². The molecular formula is C14H12N4O10. The average molecular weight is 396 g/mol. The number of carboxylic acid groups (broad SMARTS) is 1. The van der Waals surface area contributed by atoms with Crippen LogP contribution in [0.4, 0.5) is 17.1 Å². The summed E-state index contributed by atoms with van der Waals surface area (Å²) in [6.45, 7) is 0. The number of benzene rings is 2. The predicted octanol–water partition coefficient (Wildman–Crippen LogP) is 1.07. The number of non-ortho nitro benzene ring substituents is 3. The fourth-order valence-electron chi connectivity index (χ4n) is 1.70. The first kappa shape index (κ1) is 23.5. The molecule has 5 N–H and O–H groups in total. The third-order valence-corrected chi connectivity index (χ3v) is 2.91. The Balaban J connectivity index is 0.000000514. The number of nitrogens with two attached hydrogens (primary N) is 1. The molecule has 148 valence electrons. The van der Waals surface area contributed by atoms with Crippen LogP contribution in [0.25, 0.3) is 0 Å². The number of primary amides is 1. The molecule has 14 heteroatoms. The predicted molar refractivity (Wildman–Crippen MR) is 91.9 cm³/mol. The van der Waals surface area contributed by atoms with Crippen molar-refractivity contribution >= 4 is 28.9 Å². The Morgan fingerprint density at radius 2 is 1.21 bits per heavy atom. The highest BCUT2D eigenvalue weighted by Crippen LogP contribution is 2.22. The number of nitrogens with zero attached hydrogens (tertiary/aromatic N) is 3. The van der Waals surface area contributed by atoms with Crippen molar-refractivity contribution in [3.63, 3.8) is 0 Å². The lowest BCUT2D eigenvalue weighted by molar-refractivity contribution is -0.394. The molecule has 0 fully saturated rings. The highest BCUT2D eigenvalue weighted by molar-refractivity contribution is 5.94. The zero-order chi connectivity index (χ0) is 20.7. The van der Waals surface area contributed by atoms with Gasteiger partial charge in [-0.3, -0.25) is 35.1 Å². The first-order valence-electron chi connectivity index (χ1n) is 6.74. The first-order valence-corrected chi connectivity index (χ1v) is 6.74. The van der Waals surface area contributed by atoms with Crippen molar-refractivity contribution in [2.45, 2.75) is 0 Å². The van der Waals surface area contributed by atoms with Gasteiger partial charge in [0.05, 0.1) is 32.0 Å². The van der Waals surface area contributed by atoms with Crippen LogP contribution in [0.1, 0.15) is 20.7 Å². The number of aromatic carboxylic acids is 1. The third-order valence-electron chi connectivity index (χ3n) is 2.91. The van der Waals surface area contributed by atoms with Crippen molar-refractivity contribution in [2.75, 3.05) is 0 Å². The van der Waals surface area contributed by atoms with Crippen molar-refractivity contribution in [3.8, 4) is 0 Å². The molecule has 2 aromatic carbocycles. The summed E-state index contributed by atoms with van der Waals surface area (Å²) in [5.41, 5.74) is 3.22. The standard InChI is InChI=1S/C7H5N3O5.C7H5NO4.H2O/c8-7(11)4-1-5(9(12)13)3-6(2-4)10(14)15;9-7(10)5-2-1-3-6(4-5)8(11)12;/h1-3H,(H2,8,11);1-4H,(H,9,10);1H2. The van der Waals surface area contributed by atoms with Gasteiger partial charge in [0.1, 0.15) is 0 Å². The summed E-state index contributed by atoms with van der Waals surface area (Å²) in [7, 11) is 0. The molecule has 0 aliphatic rings. The summed E-state index contributed by atoms with van der Waals surface area (Å²) in [5.74, 6) is -2.12. The number of hydrogen-bond donors (Lipinski definition) is 2. The second-order valence-corrected chi connectivity index (χ2v) is 4.73. The van der Waals surface area contributed by atoms with E-state index in [0.717, 1.165) is 24.3 Å². The van der Waals surface area contributed by atoms with Gasteiger partial charge in [-0.2, -0.15) is 0 Å². The number of nitro groups is 3. The van der Waals surface area contributed by atoms with Gasteiger partial charge in [-0.1, -0.05) is 6.07 Å². The molecule has 0 aliphatic heterocycles. The summed E-state index contributed by atoms with van der Waals surface area (Å²) >= 11 is 0. The van der Waals surface area contributed by atoms with E-state index in [9.17, 15) is 39.9 Å². The molecule has 0 bridgehead atoms. The van der Waals surface area contributed by atoms with Crippen LogP contribution in [0.2, 0.25) is 0 Å². The summed E-state index contributed by atoms with van der Waals surface area (Å²) in [6.07, 6.45) is 0. The van der Waals surface area contributed by atoms with E-state index >= 15 is 0 Å². The van der Waals surface area contributed by atoms with Crippen LogP contribution in [0, 0.1) is 30.3 Å². The Labute approximate surface area is 154 Å². The molecule has 1 amide bonds. The lowest BCUT2D eigenvalue weighted by atomic mass is 10.1. The van der Waals surface area contributed by atoms with Gasteiger partial charge in [-0.25, -0.2) is 4.79 Å². The molecule has 28 heavy (non-hydrogen) atoms. The second kappa shape index (κ2) is 9.88. The summed E-state index contributed by atoms with van der Waals surface area (Å²) in [6, 6.07) is 7.42. The van der Waals surface area contributed by atoms with Crippen LogP contribution >= 0.6 is 0 Å². The van der Waals surface area contributed by atoms with Gasteiger partial charge >= 0.3 is 5.97 Å². The Kier molecular flexibility index (Phi) is 8.30. The molecule has 0 heterocycles. The van der Waals surface area contributed by atoms with Gasteiger partial charge in [-0.05, 0) is 6.07 Å². The molecule has 0 radical (unpaired) electrons. The van der Waals surface area contributed by atoms with Crippen molar-refractivity contribution in [1.82, 2.24) is 0 Å². The maximum atomic E-state index is 10.7. The van der Waals surface area contributed by atoms with Crippen LogP contribution in [0.5, 0.6) is 0 Å². The van der Waals surface area contributed by atoms with E-state index in [1.54, 1.807) is 0 Å². The highest BCUT2D eigenvalue weighted by atomic mass is 16.6. The number of nitro benzene ring substituents is 3. The molecule has 0 unspecified atom stereocenters. The van der Waals surface area contributed by atoms with E-state index < -0.39 is 38.0 Å². The Morgan fingerprint density at radius 3 is 1.57 bits per heavy atom. The lowest BCUT2D eigenvalue weighted by Crippen LogP contribution is -2.11. The minimum absolute atomic E-state index is 0. The average Bonchev–Trinajstić information content (AvgIpc) is 2.61. The number of carboxylic acids is 1. The van der Waals surface area contributed by atoms with E-state index in [1.165, 1.54) is 18.2 Å². The van der Waals surface area contributed by atoms with Crippen molar-refractivity contribution in [3.05, 3.63) is 83.9 Å². The van der Waals surface area contributed by atoms with Crippen molar-refractivity contribution in [2.24, 2.45) is 5.73 Å². The largest absolute Gasteiger partial charge is 0.478 e. The van der Waals surface area contributed by atoms with Gasteiger partial charge < -0.3 is 16.3 Å². The molecule has 0 saturated carbocycles. The van der Waals surface area contributed by atoms with Gasteiger partial charge in [0.15, 0.2) is 0 Å². The van der Waals surface area contributed by atoms with Crippen LogP contribution < -0.4 is 5.73 Å². The number of hydrogen-bond acceptors (Lipinski definition) is 8. The van der Waals surface area contributed by atoms with Crippen molar-refractivity contribution < 1.29 is 34.9 Å². The number of carbonyl (C=O) groups is 2. The van der Waals surface area contributed by atoms with E-state index in [-0.39, 0.29) is 22.3 Å². The topological polar surface area (TPSA) is 241 Å². The number of rotatable bonds is 5. The number of amides is 1. The molecule has 0 aliphatic carbocycles. The quantitative estimate of drug-likeness (QED) is 0.541. The molecular weight excluding hydrogens is 384 g/mol. The minimum Gasteiger partial charge on any atom is -0.478 e. The zero-order valence-electron chi connectivity index (χ0n) is 13.7. The summed E-state index contributed by atoms with van der Waals surface area (Å²) < 4.78 is 0. The van der Waals surface area contributed by atoms with Gasteiger partial charge in [0.2, 0.25) is 5.91 Å². The Morgan fingerprint density at radius 1 is 0.786 bits per heavy atom. The fraction of sp³-hybridized carbons (Fsp3) is 0. The monoisotopic (exact) mass is 396 g/mol. The van der Waals surface area contributed by atoms with Crippen LogP contribution in [-0.4, -0.2) is 37.2 Å². The van der Waals surface area contributed by atoms with E-state index in [1.807, 2.05) is 0 Å². The maximum Gasteiger partial charge on any atom is 0.335 e. The van der Waals surface area contributed by atoms with Crippen LogP contribution in [-0.2, 0) is 0 Å². The molecule has 2 rings (SSSR count). The molecule has 14 nitrogen and oxygen atoms in total. The third kappa shape index (κ3) is 6.45. The smallest absolute Gasteiger partial charge is 0.335 e. The molecule has 0 aromatic heterocycles. The van der Waals surface area contributed by atoms with E-state index in [0.29, 0.717) is 0 Å². The minimum atomic E-state index is -1.17. The molecule has 0 spiro atoms. The zero-order valence-corrected chi connectivity index (χ0v) is 13.7. The van der Waals surface area contributed by atoms with Gasteiger partial charge in [-0.15, -0.1) is 0 Å². The van der Waals surface area contributed by atoms with E-state index in [4.69, 9.17) is 10.8 Å². The molecule has 2 aromatic rings. The van der Waals surface area contributed by atoms with Crippen LogP contribution in [0.15, 0.2) is 42.5 Å².